The molecule has 0 atom stereocenters. The second-order valence-corrected chi connectivity index (χ2v) is 12.8. The van der Waals surface area contributed by atoms with Gasteiger partial charge in [0, 0.05) is 22.9 Å². The minimum absolute atomic E-state index is 0.302. The molecule has 5 nitrogen and oxygen atoms in total. The molecule has 0 bridgehead atoms. The topological polar surface area (TPSA) is 75.4 Å². The van der Waals surface area contributed by atoms with Crippen molar-refractivity contribution in [2.75, 3.05) is 0 Å². The van der Waals surface area contributed by atoms with Gasteiger partial charge in [-0.1, -0.05) is 152 Å². The Kier molecular flexibility index (Phi) is 9.68. The summed E-state index contributed by atoms with van der Waals surface area (Å²) in [6.45, 7) is 3.74. The summed E-state index contributed by atoms with van der Waals surface area (Å²) in [6.07, 6.45) is 6.92. The van der Waals surface area contributed by atoms with Crippen molar-refractivity contribution >= 4 is 5.71 Å². The molecule has 0 aliphatic rings. The van der Waals surface area contributed by atoms with E-state index in [0.29, 0.717) is 22.9 Å². The zero-order chi connectivity index (χ0) is 36.7. The Bertz CT molecular complexity index is 2560. The number of nitrogens with one attached hydrogen (secondary N) is 1. The van der Waals surface area contributed by atoms with Crippen LogP contribution in [0.2, 0.25) is 0 Å². The van der Waals surface area contributed by atoms with Crippen molar-refractivity contribution in [2.45, 2.75) is 0 Å². The van der Waals surface area contributed by atoms with Gasteiger partial charge in [-0.15, -0.1) is 0 Å². The molecule has 0 radical (unpaired) electrons. The Labute approximate surface area is 315 Å². The van der Waals surface area contributed by atoms with Gasteiger partial charge < -0.3 is 0 Å². The van der Waals surface area contributed by atoms with Crippen molar-refractivity contribution in [3.63, 3.8) is 0 Å². The third kappa shape index (κ3) is 7.47. The van der Waals surface area contributed by atoms with Crippen LogP contribution < -0.4 is 0 Å². The number of allylic oxidation sites excluding steroid dienone is 3. The van der Waals surface area contributed by atoms with Crippen molar-refractivity contribution < 1.29 is 0 Å². The van der Waals surface area contributed by atoms with Crippen LogP contribution in [0.5, 0.6) is 0 Å². The average molecular weight is 694 g/mol. The van der Waals surface area contributed by atoms with Crippen LogP contribution in [-0.4, -0.2) is 25.6 Å². The van der Waals surface area contributed by atoms with Crippen molar-refractivity contribution in [2.24, 2.45) is 0 Å². The fourth-order valence-electron chi connectivity index (χ4n) is 6.38. The van der Waals surface area contributed by atoms with E-state index in [1.54, 1.807) is 18.2 Å². The Morgan fingerprint density at radius 3 is 1.57 bits per heavy atom. The molecule has 5 aromatic carbocycles. The molecule has 5 heteroatoms. The van der Waals surface area contributed by atoms with Gasteiger partial charge in [-0.05, 0) is 75.9 Å². The van der Waals surface area contributed by atoms with Crippen LogP contribution in [0, 0.1) is 5.41 Å². The highest BCUT2D eigenvalue weighted by atomic mass is 14.9. The fraction of sp³-hybridized carbons (Fsp3) is 0. The van der Waals surface area contributed by atoms with E-state index in [1.807, 2.05) is 79.0 Å². The molecule has 54 heavy (non-hydrogen) atoms. The van der Waals surface area contributed by atoms with Crippen LogP contribution in [0.3, 0.4) is 0 Å². The first-order valence-electron chi connectivity index (χ1n) is 17.7. The lowest BCUT2D eigenvalue weighted by atomic mass is 9.97. The summed E-state index contributed by atoms with van der Waals surface area (Å²) < 4.78 is 0. The SMILES string of the molecule is C=C/C=C\C(=N)c1cc(-c2ccccc2)cc(-c2cc(-c3cccc(-c4ccc(-c5nc(-c6ccccc6)cc(-c6ccccc6)n5)cc4)c3)ccn2)n1. The van der Waals surface area contributed by atoms with Crippen LogP contribution in [0.25, 0.3) is 78.7 Å². The standard InChI is InChI=1S/C49H35N5/c1-2-3-22-43(50)46-31-42(34-14-7-4-8-15-34)32-48(52-46)47-30-41(27-28-51-47)40-21-13-20-39(29-40)35-23-25-38(26-24-35)49-53-44(36-16-9-5-10-17-36)33-45(54-49)37-18-11-6-12-19-37/h2-33,50H,1H2/b22-3-,50-43?. The molecule has 3 aromatic heterocycles. The Morgan fingerprint density at radius 2 is 0.944 bits per heavy atom. The summed E-state index contributed by atoms with van der Waals surface area (Å²) >= 11 is 0. The zero-order valence-electron chi connectivity index (χ0n) is 29.5. The summed E-state index contributed by atoms with van der Waals surface area (Å²) in [4.78, 5) is 19.6. The molecule has 8 aromatic rings. The number of benzene rings is 5. The fourth-order valence-corrected chi connectivity index (χ4v) is 6.38. The monoisotopic (exact) mass is 693 g/mol. The molecule has 0 saturated heterocycles. The zero-order valence-corrected chi connectivity index (χ0v) is 29.5. The summed E-state index contributed by atoms with van der Waals surface area (Å²) in [5.41, 5.74) is 13.4. The minimum atomic E-state index is 0.302. The van der Waals surface area contributed by atoms with Crippen LogP contribution in [0.4, 0.5) is 0 Å². The first-order valence-corrected chi connectivity index (χ1v) is 17.7. The molecular formula is C49H35N5. The molecule has 0 fully saturated rings. The number of rotatable bonds is 10. The largest absolute Gasteiger partial charge is 0.299 e. The van der Waals surface area contributed by atoms with E-state index in [-0.39, 0.29) is 0 Å². The number of hydrogen-bond donors (Lipinski definition) is 1. The number of aromatic nitrogens is 4. The molecule has 0 aliphatic carbocycles. The van der Waals surface area contributed by atoms with Gasteiger partial charge in [-0.25, -0.2) is 15.0 Å². The molecule has 256 valence electrons. The number of hydrogen-bond acceptors (Lipinski definition) is 5. The Balaban J connectivity index is 1.11. The highest BCUT2D eigenvalue weighted by molar-refractivity contribution is 6.06. The molecule has 8 rings (SSSR count). The first kappa shape index (κ1) is 33.8. The Morgan fingerprint density at radius 1 is 0.426 bits per heavy atom. The van der Waals surface area contributed by atoms with Gasteiger partial charge in [-0.2, -0.15) is 0 Å². The quantitative estimate of drug-likeness (QED) is 0.114. The van der Waals surface area contributed by atoms with Crippen molar-refractivity contribution in [1.82, 2.24) is 19.9 Å². The van der Waals surface area contributed by atoms with E-state index in [0.717, 1.165) is 67.2 Å². The third-order valence-electron chi connectivity index (χ3n) is 9.17. The van der Waals surface area contributed by atoms with Crippen molar-refractivity contribution in [1.29, 1.82) is 5.41 Å². The van der Waals surface area contributed by atoms with Crippen LogP contribution >= 0.6 is 0 Å². The molecule has 0 unspecified atom stereocenters. The average Bonchev–Trinajstić information content (AvgIpc) is 3.26. The van der Waals surface area contributed by atoms with Gasteiger partial charge in [0.05, 0.1) is 34.2 Å². The molecule has 0 aliphatic heterocycles. The smallest absolute Gasteiger partial charge is 0.160 e. The molecule has 0 amide bonds. The third-order valence-corrected chi connectivity index (χ3v) is 9.17. The van der Waals surface area contributed by atoms with Gasteiger partial charge in [0.2, 0.25) is 0 Å². The van der Waals surface area contributed by atoms with Gasteiger partial charge >= 0.3 is 0 Å². The second kappa shape index (κ2) is 15.5. The summed E-state index contributed by atoms with van der Waals surface area (Å²) in [6, 6.07) is 57.7. The number of pyridine rings is 2. The Hall–Kier alpha value is -7.37. The van der Waals surface area contributed by atoms with E-state index in [1.165, 1.54) is 0 Å². The highest BCUT2D eigenvalue weighted by Crippen LogP contribution is 2.32. The maximum atomic E-state index is 8.66. The van der Waals surface area contributed by atoms with Crippen LogP contribution in [0.15, 0.2) is 201 Å². The minimum Gasteiger partial charge on any atom is -0.299 e. The van der Waals surface area contributed by atoms with E-state index in [2.05, 4.69) is 104 Å². The lowest BCUT2D eigenvalue weighted by Crippen LogP contribution is -2.01. The predicted octanol–water partition coefficient (Wildman–Crippen LogP) is 12.0. The van der Waals surface area contributed by atoms with Gasteiger partial charge in [0.25, 0.3) is 0 Å². The van der Waals surface area contributed by atoms with E-state index < -0.39 is 0 Å². The van der Waals surface area contributed by atoms with Gasteiger partial charge in [-0.3, -0.25) is 10.4 Å². The maximum Gasteiger partial charge on any atom is 0.160 e. The maximum absolute atomic E-state index is 8.66. The predicted molar refractivity (Wildman–Crippen MR) is 222 cm³/mol. The van der Waals surface area contributed by atoms with Crippen LogP contribution in [0.1, 0.15) is 5.69 Å². The summed E-state index contributed by atoms with van der Waals surface area (Å²) in [5, 5.41) is 8.66. The highest BCUT2D eigenvalue weighted by Gasteiger charge is 2.13. The molecular weight excluding hydrogens is 659 g/mol. The number of nitrogens with zero attached hydrogens (tertiary/aromatic N) is 4. The van der Waals surface area contributed by atoms with Crippen LogP contribution in [-0.2, 0) is 0 Å². The normalized spacial score (nSPS) is 11.0. The van der Waals surface area contributed by atoms with E-state index >= 15 is 0 Å². The lowest BCUT2D eigenvalue weighted by molar-refractivity contribution is 1.18. The summed E-state index contributed by atoms with van der Waals surface area (Å²) in [7, 11) is 0. The molecule has 1 N–H and O–H groups in total. The van der Waals surface area contributed by atoms with Gasteiger partial charge in [0.15, 0.2) is 5.82 Å². The lowest BCUT2D eigenvalue weighted by Gasteiger charge is -2.11. The molecule has 0 saturated carbocycles. The molecule has 0 spiro atoms. The second-order valence-electron chi connectivity index (χ2n) is 12.8. The molecule has 3 heterocycles. The van der Waals surface area contributed by atoms with E-state index in [4.69, 9.17) is 25.3 Å². The van der Waals surface area contributed by atoms with Crippen molar-refractivity contribution in [3.05, 3.63) is 207 Å². The summed E-state index contributed by atoms with van der Waals surface area (Å²) in [5.74, 6) is 0.680. The van der Waals surface area contributed by atoms with E-state index in [9.17, 15) is 0 Å². The van der Waals surface area contributed by atoms with Crippen molar-refractivity contribution in [3.8, 4) is 78.7 Å². The van der Waals surface area contributed by atoms with Gasteiger partial charge in [0.1, 0.15) is 0 Å². The first-order chi connectivity index (χ1) is 26.6.